The van der Waals surface area contributed by atoms with Gasteiger partial charge in [0.15, 0.2) is 23.8 Å². The Labute approximate surface area is 333 Å². The summed E-state index contributed by atoms with van der Waals surface area (Å²) in [6.07, 6.45) is 4.38. The first kappa shape index (κ1) is 38.8. The van der Waals surface area contributed by atoms with Crippen LogP contribution in [0.3, 0.4) is 0 Å². The van der Waals surface area contributed by atoms with E-state index in [1.165, 1.54) is 32.9 Å². The van der Waals surface area contributed by atoms with Gasteiger partial charge in [0.1, 0.15) is 34.3 Å². The number of halogens is 2. The van der Waals surface area contributed by atoms with Crippen molar-refractivity contribution in [3.05, 3.63) is 135 Å². The first-order valence-corrected chi connectivity index (χ1v) is 18.9. The summed E-state index contributed by atoms with van der Waals surface area (Å²) < 4.78 is 35.2. The summed E-state index contributed by atoms with van der Waals surface area (Å²) in [7, 11) is 3.01. The smallest absolute Gasteiger partial charge is 0.408 e. The summed E-state index contributed by atoms with van der Waals surface area (Å²) in [5, 5.41) is 13.3. The third-order valence-electron chi connectivity index (χ3n) is 10.1. The second kappa shape index (κ2) is 17.5. The van der Waals surface area contributed by atoms with Gasteiger partial charge in [0.05, 0.1) is 20.3 Å². The maximum absolute atomic E-state index is 13.5. The molecule has 15 heteroatoms. The Morgan fingerprint density at radius 3 is 2.38 bits per heavy atom. The summed E-state index contributed by atoms with van der Waals surface area (Å²) in [6.45, 7) is 2.77. The summed E-state index contributed by atoms with van der Waals surface area (Å²) >= 11 is 12.8. The standard InChI is InChI=1S/C41H40Cl2N4O9/c1-51-34-12-11-27(18-36(34)52-2)35(19-30-31(42)20-47(50)21-32(30)43)55-40(48)33-23-54-38(44-33)24-53-29-10-6-9-28(17-29)39(26-7-4-3-5-8-26)45-41(49)56-37-22-46-15-13-25(37)14-16-46/h3-12,17-18,20-21,23,25,35,37,39H,13-16,19,22,24H2,1-2H3,(H-,45,49,50)/p+1/t35-,37-,39-/m0/s1. The molecular weight excluding hydrogens is 763 g/mol. The van der Waals surface area contributed by atoms with E-state index in [4.69, 9.17) is 51.3 Å². The summed E-state index contributed by atoms with van der Waals surface area (Å²) in [5.74, 6) is 1.14. The molecule has 2 bridgehead atoms. The lowest BCUT2D eigenvalue weighted by Crippen LogP contribution is -2.52. The number of esters is 1. The Bertz CT molecular complexity index is 2140. The minimum Gasteiger partial charge on any atom is -0.493 e. The summed E-state index contributed by atoms with van der Waals surface area (Å²) in [4.78, 5) is 33.4. The number of rotatable bonds is 14. The summed E-state index contributed by atoms with van der Waals surface area (Å²) in [5.41, 5.74) is 2.58. The van der Waals surface area contributed by atoms with E-state index in [-0.39, 0.29) is 40.8 Å². The average Bonchev–Trinajstić information content (AvgIpc) is 3.70. The number of aromatic nitrogens is 2. The van der Waals surface area contributed by atoms with Crippen LogP contribution in [0.4, 0.5) is 4.79 Å². The Kier molecular flexibility index (Phi) is 12.1. The first-order valence-electron chi connectivity index (χ1n) is 18.1. The number of nitrogens with zero attached hydrogens (tertiary/aromatic N) is 3. The molecular formula is C41H41Cl2N4O9+. The number of oxazole rings is 1. The molecule has 3 aliphatic heterocycles. The number of hydrogen-bond acceptors (Lipinski definition) is 11. The number of piperidine rings is 3. The minimum absolute atomic E-state index is 0.0557. The molecule has 5 heterocycles. The second-order valence-electron chi connectivity index (χ2n) is 13.6. The third-order valence-corrected chi connectivity index (χ3v) is 10.7. The molecule has 1 amide bonds. The predicted octanol–water partition coefficient (Wildman–Crippen LogP) is 7.15. The quantitative estimate of drug-likeness (QED) is 0.0671. The molecule has 0 aliphatic carbocycles. The molecule has 0 radical (unpaired) electrons. The van der Waals surface area contributed by atoms with Gasteiger partial charge in [-0.05, 0) is 72.8 Å². The number of hydrogen-bond donors (Lipinski definition) is 2. The van der Waals surface area contributed by atoms with Crippen molar-refractivity contribution in [2.45, 2.75) is 44.1 Å². The number of nitrogens with one attached hydrogen (secondary N) is 1. The highest BCUT2D eigenvalue weighted by atomic mass is 35.5. The van der Waals surface area contributed by atoms with Crippen LogP contribution in [0, 0.1) is 5.92 Å². The van der Waals surface area contributed by atoms with Gasteiger partial charge in [-0.25, -0.2) is 14.6 Å². The minimum atomic E-state index is -0.912. The molecule has 3 aromatic carbocycles. The number of benzene rings is 3. The molecule has 3 atom stereocenters. The van der Waals surface area contributed by atoms with Crippen molar-refractivity contribution in [2.75, 3.05) is 33.9 Å². The molecule has 3 aliphatic rings. The summed E-state index contributed by atoms with van der Waals surface area (Å²) in [6, 6.07) is 21.6. The molecule has 292 valence electrons. The van der Waals surface area contributed by atoms with E-state index >= 15 is 0 Å². The highest BCUT2D eigenvalue weighted by molar-refractivity contribution is 6.35. The molecule has 2 aromatic heterocycles. The van der Waals surface area contributed by atoms with Crippen LogP contribution in [0.25, 0.3) is 0 Å². The monoisotopic (exact) mass is 803 g/mol. The van der Waals surface area contributed by atoms with Crippen LogP contribution in [0.1, 0.15) is 63.6 Å². The number of fused-ring (bicyclic) bond motifs is 3. The van der Waals surface area contributed by atoms with E-state index in [1.807, 2.05) is 48.5 Å². The fraction of sp³-hybridized carbons (Fsp3) is 0.317. The van der Waals surface area contributed by atoms with Crippen LogP contribution in [0.15, 0.2) is 95.9 Å². The van der Waals surface area contributed by atoms with Crippen molar-refractivity contribution in [3.8, 4) is 17.2 Å². The van der Waals surface area contributed by atoms with Gasteiger partial charge >= 0.3 is 12.1 Å². The molecule has 56 heavy (non-hydrogen) atoms. The van der Waals surface area contributed by atoms with E-state index in [9.17, 15) is 14.8 Å². The van der Waals surface area contributed by atoms with E-state index < -0.39 is 24.2 Å². The maximum Gasteiger partial charge on any atom is 0.408 e. The Morgan fingerprint density at radius 1 is 0.946 bits per heavy atom. The lowest BCUT2D eigenvalue weighted by atomic mass is 9.86. The Balaban J connectivity index is 1.04. The van der Waals surface area contributed by atoms with E-state index in [1.54, 1.807) is 24.3 Å². The van der Waals surface area contributed by atoms with Crippen molar-refractivity contribution in [1.82, 2.24) is 15.2 Å². The van der Waals surface area contributed by atoms with Crippen LogP contribution in [-0.2, 0) is 22.5 Å². The predicted molar refractivity (Wildman–Crippen MR) is 203 cm³/mol. The van der Waals surface area contributed by atoms with Gasteiger partial charge in [0.25, 0.3) is 0 Å². The molecule has 0 saturated carbocycles. The molecule has 3 fully saturated rings. The molecule has 13 nitrogen and oxygen atoms in total. The lowest BCUT2D eigenvalue weighted by molar-refractivity contribution is -0.904. The molecule has 3 saturated heterocycles. The highest BCUT2D eigenvalue weighted by Crippen LogP contribution is 2.36. The normalized spacial score (nSPS) is 18.4. The number of methoxy groups -OCH3 is 2. The maximum atomic E-state index is 13.5. The number of pyridine rings is 1. The van der Waals surface area contributed by atoms with Crippen molar-refractivity contribution in [3.63, 3.8) is 0 Å². The Hall–Kier alpha value is -5.50. The molecule has 2 N–H and O–H groups in total. The van der Waals surface area contributed by atoms with Crippen LogP contribution in [0.5, 0.6) is 17.2 Å². The zero-order chi connectivity index (χ0) is 39.2. The van der Waals surface area contributed by atoms with Crippen molar-refractivity contribution < 1.29 is 47.6 Å². The van der Waals surface area contributed by atoms with Gasteiger partial charge in [-0.1, -0.05) is 71.7 Å². The topological polar surface area (TPSA) is 146 Å². The van der Waals surface area contributed by atoms with Crippen LogP contribution in [-0.4, -0.2) is 67.1 Å². The molecule has 0 unspecified atom stereocenters. The van der Waals surface area contributed by atoms with Gasteiger partial charge in [0, 0.05) is 23.3 Å². The Morgan fingerprint density at radius 2 is 1.68 bits per heavy atom. The number of alkyl carbamates (subject to hydrolysis) is 1. The van der Waals surface area contributed by atoms with E-state index in [2.05, 4.69) is 15.2 Å². The number of carbonyl (C=O) groups is 2. The third kappa shape index (κ3) is 9.13. The lowest BCUT2D eigenvalue weighted by Gasteiger charge is -2.43. The van der Waals surface area contributed by atoms with Crippen molar-refractivity contribution in [2.24, 2.45) is 5.92 Å². The van der Waals surface area contributed by atoms with E-state index in [0.717, 1.165) is 48.3 Å². The molecule has 5 aromatic rings. The molecule has 0 spiro atoms. The van der Waals surface area contributed by atoms with Gasteiger partial charge in [0.2, 0.25) is 18.3 Å². The highest BCUT2D eigenvalue weighted by Gasteiger charge is 2.37. The number of ether oxygens (including phenoxy) is 5. The SMILES string of the molecule is COc1ccc([C@H](Cc2c(Cl)c[n+](O)cc2Cl)OC(=O)c2coc(COc3cccc([C@@H](NC(=O)O[C@H]4CN5CCC4CC5)c4ccccc4)c3)n2)cc1OC. The number of carbonyl (C=O) groups excluding carboxylic acids is 2. The largest absolute Gasteiger partial charge is 0.493 e. The second-order valence-corrected chi connectivity index (χ2v) is 14.4. The zero-order valence-corrected chi connectivity index (χ0v) is 32.2. The van der Waals surface area contributed by atoms with E-state index in [0.29, 0.717) is 34.3 Å². The zero-order valence-electron chi connectivity index (χ0n) is 30.7. The van der Waals surface area contributed by atoms with Gasteiger partial charge in [-0.2, -0.15) is 0 Å². The molecule has 8 rings (SSSR count). The number of amides is 1. The fourth-order valence-electron chi connectivity index (χ4n) is 7.13. The first-order chi connectivity index (χ1) is 27.2. The van der Waals surface area contributed by atoms with Gasteiger partial charge in [-0.3, -0.25) is 10.1 Å². The van der Waals surface area contributed by atoms with Gasteiger partial charge < -0.3 is 33.4 Å². The van der Waals surface area contributed by atoms with Gasteiger partial charge in [-0.15, -0.1) is 0 Å². The fourth-order valence-corrected chi connectivity index (χ4v) is 7.73. The van der Waals surface area contributed by atoms with Crippen LogP contribution in [0.2, 0.25) is 10.0 Å². The average molecular weight is 805 g/mol. The van der Waals surface area contributed by atoms with Crippen LogP contribution >= 0.6 is 23.2 Å². The van der Waals surface area contributed by atoms with Crippen molar-refractivity contribution in [1.29, 1.82) is 0 Å². The van der Waals surface area contributed by atoms with Crippen molar-refractivity contribution >= 4 is 35.3 Å². The van der Waals surface area contributed by atoms with Crippen LogP contribution < -0.4 is 24.3 Å².